The fourth-order valence-corrected chi connectivity index (χ4v) is 2.55. The summed E-state index contributed by atoms with van der Waals surface area (Å²) in [5.41, 5.74) is 4.67. The molecule has 0 heterocycles. The second kappa shape index (κ2) is 10.7. The molecule has 0 amide bonds. The van der Waals surface area contributed by atoms with Gasteiger partial charge in [0.2, 0.25) is 0 Å². The van der Waals surface area contributed by atoms with Crippen molar-refractivity contribution < 1.29 is 19.1 Å². The van der Waals surface area contributed by atoms with Gasteiger partial charge in [0, 0.05) is 11.1 Å². The largest absolute Gasteiger partial charge is 0.424 e. The molecule has 2 rings (SSSR count). The van der Waals surface area contributed by atoms with Gasteiger partial charge in [-0.2, -0.15) is 0 Å². The molecule has 2 aromatic carbocycles. The third-order valence-corrected chi connectivity index (χ3v) is 4.30. The molecule has 2 aromatic rings. The van der Waals surface area contributed by atoms with Crippen LogP contribution in [0.15, 0.2) is 103 Å². The lowest BCUT2D eigenvalue weighted by atomic mass is 10.00. The lowest BCUT2D eigenvalue weighted by Gasteiger charge is -2.08. The summed E-state index contributed by atoms with van der Waals surface area (Å²) in [5, 5.41) is 0. The molecule has 0 fully saturated rings. The zero-order chi connectivity index (χ0) is 23.0. The highest BCUT2D eigenvalue weighted by molar-refractivity contribution is 5.89. The highest BCUT2D eigenvalue weighted by Gasteiger charge is 2.07. The van der Waals surface area contributed by atoms with Gasteiger partial charge in [-0.05, 0) is 61.2 Å². The van der Waals surface area contributed by atoms with Gasteiger partial charge >= 0.3 is 11.9 Å². The maximum absolute atomic E-state index is 11.6. The fourth-order valence-electron chi connectivity index (χ4n) is 2.55. The minimum atomic E-state index is -0.499. The highest BCUT2D eigenvalue weighted by atomic mass is 16.5. The predicted molar refractivity (Wildman–Crippen MR) is 125 cm³/mol. The molecular formula is C27H26O4. The topological polar surface area (TPSA) is 52.6 Å². The van der Waals surface area contributed by atoms with Gasteiger partial charge in [0.1, 0.15) is 11.5 Å². The van der Waals surface area contributed by atoms with Crippen LogP contribution in [-0.2, 0) is 14.3 Å². The molecule has 0 N–H and O–H groups in total. The summed E-state index contributed by atoms with van der Waals surface area (Å²) in [5.74, 6) is -0.221. The van der Waals surface area contributed by atoms with Crippen molar-refractivity contribution in [3.63, 3.8) is 0 Å². The molecule has 0 aliphatic heterocycles. The molecule has 0 aliphatic rings. The quantitative estimate of drug-likeness (QED) is 0.164. The van der Waals surface area contributed by atoms with Crippen LogP contribution >= 0.6 is 0 Å². The number of esters is 2. The van der Waals surface area contributed by atoms with Crippen molar-refractivity contribution in [1.29, 1.82) is 0 Å². The third kappa shape index (κ3) is 6.82. The molecule has 0 radical (unpaired) electrons. The standard InChI is InChI=1S/C27H26O4/c1-7-21(9-8-20(6)30-26(28)18(2)3)22-10-12-23(13-11-22)24-14-16-25(17-15-24)31-27(29)19(4)5/h7-17H,2,4,6H2,1,3,5H3/b9-8-,21-7+. The van der Waals surface area contributed by atoms with Crippen molar-refractivity contribution in [3.8, 4) is 16.9 Å². The Hall–Kier alpha value is -3.92. The Morgan fingerprint density at radius 3 is 1.77 bits per heavy atom. The first kappa shape index (κ1) is 23.4. The van der Waals surface area contributed by atoms with Gasteiger partial charge in [-0.15, -0.1) is 0 Å². The van der Waals surface area contributed by atoms with E-state index in [4.69, 9.17) is 9.47 Å². The van der Waals surface area contributed by atoms with Gasteiger partial charge in [-0.25, -0.2) is 9.59 Å². The van der Waals surface area contributed by atoms with E-state index < -0.39 is 11.9 Å². The number of allylic oxidation sites excluding steroid dienone is 4. The minimum absolute atomic E-state index is 0.247. The molecule has 0 aliphatic carbocycles. The van der Waals surface area contributed by atoms with E-state index in [1.165, 1.54) is 0 Å². The van der Waals surface area contributed by atoms with Crippen LogP contribution in [-0.4, -0.2) is 11.9 Å². The summed E-state index contributed by atoms with van der Waals surface area (Å²) in [6.07, 6.45) is 5.45. The second-order valence-electron chi connectivity index (χ2n) is 6.99. The molecule has 0 bridgehead atoms. The fraction of sp³-hybridized carbons (Fsp3) is 0.111. The third-order valence-electron chi connectivity index (χ3n) is 4.30. The van der Waals surface area contributed by atoms with E-state index in [2.05, 4.69) is 19.7 Å². The van der Waals surface area contributed by atoms with Gasteiger partial charge in [-0.3, -0.25) is 0 Å². The lowest BCUT2D eigenvalue weighted by Crippen LogP contribution is -2.07. The molecule has 0 atom stereocenters. The molecule has 4 nitrogen and oxygen atoms in total. The molecule has 4 heteroatoms. The molecule has 0 aromatic heterocycles. The molecule has 0 saturated heterocycles. The Morgan fingerprint density at radius 2 is 1.29 bits per heavy atom. The lowest BCUT2D eigenvalue weighted by molar-refractivity contribution is -0.134. The summed E-state index contributed by atoms with van der Waals surface area (Å²) in [6, 6.07) is 15.3. The van der Waals surface area contributed by atoms with Crippen LogP contribution in [0.1, 0.15) is 26.3 Å². The van der Waals surface area contributed by atoms with E-state index in [1.807, 2.05) is 55.5 Å². The minimum Gasteiger partial charge on any atom is -0.424 e. The Morgan fingerprint density at radius 1 is 0.774 bits per heavy atom. The van der Waals surface area contributed by atoms with Gasteiger partial charge in [0.15, 0.2) is 0 Å². The summed E-state index contributed by atoms with van der Waals surface area (Å²) in [6.45, 7) is 16.0. The number of benzene rings is 2. The van der Waals surface area contributed by atoms with Gasteiger partial charge in [0.05, 0.1) is 0 Å². The molecule has 0 spiro atoms. The van der Waals surface area contributed by atoms with E-state index in [-0.39, 0.29) is 5.76 Å². The first-order chi connectivity index (χ1) is 14.7. The van der Waals surface area contributed by atoms with E-state index in [0.717, 1.165) is 22.3 Å². The van der Waals surface area contributed by atoms with Crippen LogP contribution in [0.5, 0.6) is 5.75 Å². The average molecular weight is 415 g/mol. The number of carbonyl (C=O) groups is 2. The van der Waals surface area contributed by atoms with E-state index >= 15 is 0 Å². The number of hydrogen-bond acceptors (Lipinski definition) is 4. The summed E-state index contributed by atoms with van der Waals surface area (Å²) in [4.78, 5) is 23.2. The molecule has 31 heavy (non-hydrogen) atoms. The monoisotopic (exact) mass is 414 g/mol. The summed E-state index contributed by atoms with van der Waals surface area (Å²) in [7, 11) is 0. The van der Waals surface area contributed by atoms with Gasteiger partial charge < -0.3 is 9.47 Å². The molecule has 0 unspecified atom stereocenters. The van der Waals surface area contributed by atoms with Crippen LogP contribution in [0, 0.1) is 0 Å². The van der Waals surface area contributed by atoms with Crippen molar-refractivity contribution in [2.45, 2.75) is 20.8 Å². The zero-order valence-corrected chi connectivity index (χ0v) is 18.1. The van der Waals surface area contributed by atoms with Crippen LogP contribution < -0.4 is 4.74 Å². The highest BCUT2D eigenvalue weighted by Crippen LogP contribution is 2.25. The van der Waals surface area contributed by atoms with Crippen molar-refractivity contribution >= 4 is 17.5 Å². The summed E-state index contributed by atoms with van der Waals surface area (Å²) >= 11 is 0. The number of ether oxygens (including phenoxy) is 2. The first-order valence-electron chi connectivity index (χ1n) is 9.70. The molecular weight excluding hydrogens is 388 g/mol. The normalized spacial score (nSPS) is 11.1. The first-order valence-corrected chi connectivity index (χ1v) is 9.70. The van der Waals surface area contributed by atoms with Gasteiger partial charge in [0.25, 0.3) is 0 Å². The number of hydrogen-bond donors (Lipinski definition) is 0. The maximum atomic E-state index is 11.6. The van der Waals surface area contributed by atoms with E-state index in [9.17, 15) is 9.59 Å². The van der Waals surface area contributed by atoms with Crippen molar-refractivity contribution in [2.24, 2.45) is 0 Å². The molecule has 158 valence electrons. The second-order valence-corrected chi connectivity index (χ2v) is 6.99. The van der Waals surface area contributed by atoms with Crippen LogP contribution in [0.2, 0.25) is 0 Å². The van der Waals surface area contributed by atoms with Gasteiger partial charge in [-0.1, -0.05) is 68.3 Å². The SMILES string of the molecule is C=C(/C=C\C(=C/C)c1ccc(-c2ccc(OC(=O)C(=C)C)cc2)cc1)OC(=O)C(=C)C. The Bertz CT molecular complexity index is 1070. The number of rotatable bonds is 8. The summed E-state index contributed by atoms with van der Waals surface area (Å²) < 4.78 is 10.3. The van der Waals surface area contributed by atoms with Crippen molar-refractivity contribution in [3.05, 3.63) is 109 Å². The maximum Gasteiger partial charge on any atom is 0.338 e. The Kier molecular flexibility index (Phi) is 8.09. The average Bonchev–Trinajstić information content (AvgIpc) is 2.75. The van der Waals surface area contributed by atoms with Crippen LogP contribution in [0.3, 0.4) is 0 Å². The predicted octanol–water partition coefficient (Wildman–Crippen LogP) is 6.43. The van der Waals surface area contributed by atoms with Crippen molar-refractivity contribution in [1.82, 2.24) is 0 Å². The molecule has 0 saturated carbocycles. The van der Waals surface area contributed by atoms with Crippen LogP contribution in [0.25, 0.3) is 16.7 Å². The zero-order valence-electron chi connectivity index (χ0n) is 18.1. The van der Waals surface area contributed by atoms with Crippen LogP contribution in [0.4, 0.5) is 0 Å². The van der Waals surface area contributed by atoms with E-state index in [1.54, 1.807) is 32.1 Å². The Labute approximate surface area is 183 Å². The number of carbonyl (C=O) groups excluding carboxylic acids is 2. The van der Waals surface area contributed by atoms with Crippen molar-refractivity contribution in [2.75, 3.05) is 0 Å². The Balaban J connectivity index is 2.09. The van der Waals surface area contributed by atoms with E-state index in [0.29, 0.717) is 16.9 Å². The smallest absolute Gasteiger partial charge is 0.338 e.